The van der Waals surface area contributed by atoms with Gasteiger partial charge in [0.1, 0.15) is 0 Å². The van der Waals surface area contributed by atoms with Crippen LogP contribution in [0.2, 0.25) is 0 Å². The van der Waals surface area contributed by atoms with E-state index in [-0.39, 0.29) is 12.5 Å². The first kappa shape index (κ1) is 12.9. The molecule has 1 aromatic carbocycles. The molecule has 2 rings (SSSR count). The average Bonchev–Trinajstić information content (AvgIpc) is 2.71. The van der Waals surface area contributed by atoms with Gasteiger partial charge < -0.3 is 10.0 Å². The van der Waals surface area contributed by atoms with Crippen LogP contribution in [0.3, 0.4) is 0 Å². The minimum absolute atomic E-state index is 0.0156. The lowest BCUT2D eigenvalue weighted by molar-refractivity contribution is -0.117. The highest BCUT2D eigenvalue weighted by Crippen LogP contribution is 2.32. The van der Waals surface area contributed by atoms with Crippen LogP contribution in [-0.4, -0.2) is 23.3 Å². The Balaban J connectivity index is 2.30. The lowest BCUT2D eigenvalue weighted by Crippen LogP contribution is -2.25. The largest absolute Gasteiger partial charge is 0.392 e. The van der Waals surface area contributed by atoms with Crippen LogP contribution >= 0.6 is 28.6 Å². The number of rotatable bonds is 3. The van der Waals surface area contributed by atoms with Crippen molar-refractivity contribution in [3.8, 4) is 0 Å². The van der Waals surface area contributed by atoms with Gasteiger partial charge in [-0.1, -0.05) is 6.07 Å². The van der Waals surface area contributed by atoms with Crippen molar-refractivity contribution in [3.63, 3.8) is 0 Å². The number of thiol groups is 1. The van der Waals surface area contributed by atoms with Gasteiger partial charge in [0.15, 0.2) is 0 Å². The van der Waals surface area contributed by atoms with E-state index >= 15 is 0 Å². The Bertz CT molecular complexity index is 439. The van der Waals surface area contributed by atoms with Crippen LogP contribution in [-0.2, 0) is 11.4 Å². The van der Waals surface area contributed by atoms with Gasteiger partial charge in [0.25, 0.3) is 0 Å². The zero-order valence-corrected chi connectivity index (χ0v) is 11.7. The van der Waals surface area contributed by atoms with Gasteiger partial charge in [0.2, 0.25) is 5.91 Å². The van der Waals surface area contributed by atoms with Crippen LogP contribution in [0.15, 0.2) is 22.7 Å². The molecule has 1 fully saturated rings. The number of aliphatic hydroxyl groups excluding tert-OH is 1. The lowest BCUT2D eigenvalue weighted by Gasteiger charge is -2.19. The number of carbonyl (C=O) groups excluding carboxylic acids is 1. The van der Waals surface area contributed by atoms with Crippen molar-refractivity contribution in [1.29, 1.82) is 0 Å². The molecule has 0 radical (unpaired) electrons. The number of aliphatic hydroxyl groups is 1. The summed E-state index contributed by atoms with van der Waals surface area (Å²) >= 11 is 7.69. The molecule has 1 heterocycles. The first-order chi connectivity index (χ1) is 8.15. The SMILES string of the molecule is O=C1CC(CS)CN1c1cc(CO)ccc1Br. The molecule has 0 saturated carbocycles. The zero-order chi connectivity index (χ0) is 12.4. The summed E-state index contributed by atoms with van der Waals surface area (Å²) < 4.78 is 0.878. The summed E-state index contributed by atoms with van der Waals surface area (Å²) in [5.41, 5.74) is 1.65. The minimum atomic E-state index is -0.0156. The van der Waals surface area contributed by atoms with E-state index in [0.717, 1.165) is 21.5 Å². The van der Waals surface area contributed by atoms with Crippen molar-refractivity contribution in [2.24, 2.45) is 5.92 Å². The fourth-order valence-electron chi connectivity index (χ4n) is 2.00. The van der Waals surface area contributed by atoms with Crippen LogP contribution in [0, 0.1) is 5.92 Å². The molecule has 17 heavy (non-hydrogen) atoms. The fourth-order valence-corrected chi connectivity index (χ4v) is 2.71. The topological polar surface area (TPSA) is 40.5 Å². The highest BCUT2D eigenvalue weighted by molar-refractivity contribution is 9.10. The van der Waals surface area contributed by atoms with Gasteiger partial charge in [-0.2, -0.15) is 12.6 Å². The van der Waals surface area contributed by atoms with Gasteiger partial charge in [-0.15, -0.1) is 0 Å². The molecule has 0 spiro atoms. The number of amides is 1. The maximum absolute atomic E-state index is 11.9. The highest BCUT2D eigenvalue weighted by Gasteiger charge is 2.30. The van der Waals surface area contributed by atoms with Crippen LogP contribution < -0.4 is 4.90 Å². The molecule has 1 unspecified atom stereocenters. The molecule has 1 saturated heterocycles. The highest BCUT2D eigenvalue weighted by atomic mass is 79.9. The summed E-state index contributed by atoms with van der Waals surface area (Å²) in [6.45, 7) is 0.689. The number of benzene rings is 1. The van der Waals surface area contributed by atoms with Gasteiger partial charge in [0.05, 0.1) is 12.3 Å². The van der Waals surface area contributed by atoms with Gasteiger partial charge in [-0.25, -0.2) is 0 Å². The molecule has 5 heteroatoms. The molecule has 1 aromatic rings. The Labute approximate surface area is 114 Å². The maximum Gasteiger partial charge on any atom is 0.227 e. The standard InChI is InChI=1S/C12H14BrNO2S/c13-10-2-1-8(6-15)3-11(10)14-5-9(7-17)4-12(14)16/h1-3,9,15,17H,4-7H2. The van der Waals surface area contributed by atoms with E-state index in [2.05, 4.69) is 28.6 Å². The predicted molar refractivity (Wildman–Crippen MR) is 74.4 cm³/mol. The molecule has 1 N–H and O–H groups in total. The van der Waals surface area contributed by atoms with Crippen molar-refractivity contribution in [2.75, 3.05) is 17.2 Å². The smallest absolute Gasteiger partial charge is 0.227 e. The molecule has 0 aliphatic carbocycles. The Morgan fingerprint density at radius 1 is 1.53 bits per heavy atom. The monoisotopic (exact) mass is 315 g/mol. The van der Waals surface area contributed by atoms with Gasteiger partial charge in [-0.05, 0) is 45.3 Å². The number of nitrogens with zero attached hydrogens (tertiary/aromatic N) is 1. The lowest BCUT2D eigenvalue weighted by atomic mass is 10.1. The van der Waals surface area contributed by atoms with Crippen molar-refractivity contribution in [3.05, 3.63) is 28.2 Å². The molecular formula is C12H14BrNO2S. The van der Waals surface area contributed by atoms with Crippen molar-refractivity contribution < 1.29 is 9.90 Å². The number of anilines is 1. The van der Waals surface area contributed by atoms with Gasteiger partial charge in [-0.3, -0.25) is 4.79 Å². The molecule has 3 nitrogen and oxygen atoms in total. The molecule has 92 valence electrons. The molecule has 1 atom stereocenters. The summed E-state index contributed by atoms with van der Waals surface area (Å²) in [5, 5.41) is 9.13. The molecule has 1 aliphatic rings. The number of hydrogen-bond acceptors (Lipinski definition) is 3. The second-order valence-electron chi connectivity index (χ2n) is 4.20. The molecular weight excluding hydrogens is 302 g/mol. The first-order valence-corrected chi connectivity index (χ1v) is 6.88. The van der Waals surface area contributed by atoms with Crippen LogP contribution in [0.4, 0.5) is 5.69 Å². The predicted octanol–water partition coefficient (Wildman–Crippen LogP) is 2.22. The second kappa shape index (κ2) is 5.42. The molecule has 0 aromatic heterocycles. The van der Waals surface area contributed by atoms with Crippen molar-refractivity contribution >= 4 is 40.2 Å². The average molecular weight is 316 g/mol. The summed E-state index contributed by atoms with van der Waals surface area (Å²) in [4.78, 5) is 13.7. The summed E-state index contributed by atoms with van der Waals surface area (Å²) in [5.74, 6) is 1.16. The van der Waals surface area contributed by atoms with E-state index in [1.54, 1.807) is 4.90 Å². The van der Waals surface area contributed by atoms with Crippen LogP contribution in [0.5, 0.6) is 0 Å². The maximum atomic E-state index is 11.9. The van der Waals surface area contributed by atoms with Crippen molar-refractivity contribution in [1.82, 2.24) is 0 Å². The van der Waals surface area contributed by atoms with E-state index in [4.69, 9.17) is 5.11 Å². The molecule has 1 amide bonds. The number of halogens is 1. The fraction of sp³-hybridized carbons (Fsp3) is 0.417. The first-order valence-electron chi connectivity index (χ1n) is 5.46. The van der Waals surface area contributed by atoms with E-state index in [9.17, 15) is 4.79 Å². The normalized spacial score (nSPS) is 20.1. The van der Waals surface area contributed by atoms with E-state index in [1.165, 1.54) is 0 Å². The summed E-state index contributed by atoms with van der Waals surface area (Å²) in [7, 11) is 0. The Morgan fingerprint density at radius 2 is 2.29 bits per heavy atom. The second-order valence-corrected chi connectivity index (χ2v) is 5.42. The van der Waals surface area contributed by atoms with Gasteiger partial charge in [0, 0.05) is 17.4 Å². The molecule has 1 aliphatic heterocycles. The molecule has 0 bridgehead atoms. The third-order valence-electron chi connectivity index (χ3n) is 2.95. The summed E-state index contributed by atoms with van der Waals surface area (Å²) in [6.07, 6.45) is 0.555. The van der Waals surface area contributed by atoms with E-state index in [1.807, 2.05) is 18.2 Å². The van der Waals surface area contributed by atoms with E-state index in [0.29, 0.717) is 18.9 Å². The van der Waals surface area contributed by atoms with Gasteiger partial charge >= 0.3 is 0 Å². The third-order valence-corrected chi connectivity index (χ3v) is 4.13. The Morgan fingerprint density at radius 3 is 2.88 bits per heavy atom. The van der Waals surface area contributed by atoms with Crippen molar-refractivity contribution in [2.45, 2.75) is 13.0 Å². The number of hydrogen-bond donors (Lipinski definition) is 2. The Hall–Kier alpha value is -0.520. The van der Waals surface area contributed by atoms with E-state index < -0.39 is 0 Å². The zero-order valence-electron chi connectivity index (χ0n) is 9.27. The summed E-state index contributed by atoms with van der Waals surface area (Å²) in [6, 6.07) is 5.55. The third kappa shape index (κ3) is 2.67. The minimum Gasteiger partial charge on any atom is -0.392 e. The quantitative estimate of drug-likeness (QED) is 0.840. The van der Waals surface area contributed by atoms with Crippen LogP contribution in [0.25, 0.3) is 0 Å². The van der Waals surface area contributed by atoms with Crippen LogP contribution in [0.1, 0.15) is 12.0 Å². The Kier molecular flexibility index (Phi) is 4.12. The number of carbonyl (C=O) groups is 1.